The third-order valence-electron chi connectivity index (χ3n) is 3.34. The third kappa shape index (κ3) is 6.91. The Bertz CT molecular complexity index is 470. The van der Waals surface area contributed by atoms with Gasteiger partial charge in [-0.25, -0.2) is 0 Å². The van der Waals surface area contributed by atoms with Crippen LogP contribution in [0.15, 0.2) is 48.6 Å². The summed E-state index contributed by atoms with van der Waals surface area (Å²) in [6, 6.07) is 8.43. The summed E-state index contributed by atoms with van der Waals surface area (Å²) in [7, 11) is 0. The Morgan fingerprint density at radius 2 is 1.71 bits per heavy atom. The van der Waals surface area contributed by atoms with Crippen LogP contribution in [-0.4, -0.2) is 23.9 Å². The van der Waals surface area contributed by atoms with Crippen molar-refractivity contribution in [3.8, 4) is 0 Å². The van der Waals surface area contributed by atoms with Crippen LogP contribution in [0.3, 0.4) is 0 Å². The number of hydrogen-bond acceptors (Lipinski definition) is 2. The average molecular weight is 286 g/mol. The highest BCUT2D eigenvalue weighted by atomic mass is 16.1. The second-order valence-electron chi connectivity index (χ2n) is 4.88. The Morgan fingerprint density at radius 1 is 1.10 bits per heavy atom. The molecule has 21 heavy (non-hydrogen) atoms. The van der Waals surface area contributed by atoms with Crippen molar-refractivity contribution in [1.82, 2.24) is 10.2 Å². The maximum absolute atomic E-state index is 11.5. The monoisotopic (exact) mass is 286 g/mol. The number of allylic oxidation sites excluding steroid dienone is 3. The van der Waals surface area contributed by atoms with Crippen LogP contribution in [0.25, 0.3) is 0 Å². The van der Waals surface area contributed by atoms with Crippen LogP contribution in [0.2, 0.25) is 0 Å². The quantitative estimate of drug-likeness (QED) is 0.587. The van der Waals surface area contributed by atoms with Crippen LogP contribution < -0.4 is 5.32 Å². The maximum Gasteiger partial charge on any atom is 0.244 e. The van der Waals surface area contributed by atoms with Crippen LogP contribution in [0.1, 0.15) is 31.9 Å². The van der Waals surface area contributed by atoms with E-state index in [-0.39, 0.29) is 5.91 Å². The molecule has 0 saturated carbocycles. The van der Waals surface area contributed by atoms with Crippen LogP contribution in [-0.2, 0) is 17.9 Å². The minimum Gasteiger partial charge on any atom is -0.348 e. The molecule has 1 aromatic rings. The molecule has 114 valence electrons. The first-order valence-electron chi connectivity index (χ1n) is 7.57. The summed E-state index contributed by atoms with van der Waals surface area (Å²) in [5.41, 5.74) is 2.42. The van der Waals surface area contributed by atoms with Gasteiger partial charge in [-0.05, 0) is 31.1 Å². The molecule has 0 atom stereocenters. The number of carbonyl (C=O) groups is 1. The summed E-state index contributed by atoms with van der Waals surface area (Å²) >= 11 is 0. The van der Waals surface area contributed by atoms with Gasteiger partial charge in [0.25, 0.3) is 0 Å². The van der Waals surface area contributed by atoms with Gasteiger partial charge >= 0.3 is 0 Å². The van der Waals surface area contributed by atoms with Crippen LogP contribution in [0.4, 0.5) is 0 Å². The molecule has 1 N–H and O–H groups in total. The zero-order valence-electron chi connectivity index (χ0n) is 13.3. The highest BCUT2D eigenvalue weighted by Gasteiger charge is 2.01. The zero-order valence-corrected chi connectivity index (χ0v) is 13.3. The van der Waals surface area contributed by atoms with E-state index >= 15 is 0 Å². The first-order chi connectivity index (χ1) is 10.2. The summed E-state index contributed by atoms with van der Waals surface area (Å²) in [6.45, 7) is 9.93. The molecule has 0 aliphatic carbocycles. The number of amides is 1. The molecule has 0 fully saturated rings. The molecule has 3 nitrogen and oxygen atoms in total. The number of nitrogens with one attached hydrogen (secondary N) is 1. The number of rotatable bonds is 8. The third-order valence-corrected chi connectivity index (χ3v) is 3.34. The Labute approximate surface area is 128 Å². The average Bonchev–Trinajstić information content (AvgIpc) is 2.52. The Hall–Kier alpha value is -1.87. The van der Waals surface area contributed by atoms with Gasteiger partial charge in [-0.15, -0.1) is 0 Å². The van der Waals surface area contributed by atoms with Gasteiger partial charge in [0.2, 0.25) is 5.91 Å². The molecule has 0 saturated heterocycles. The molecule has 0 heterocycles. The lowest BCUT2D eigenvalue weighted by Crippen LogP contribution is -2.22. The largest absolute Gasteiger partial charge is 0.348 e. The Kier molecular flexibility index (Phi) is 8.14. The lowest BCUT2D eigenvalue weighted by molar-refractivity contribution is -0.116. The second kappa shape index (κ2) is 9.94. The minimum atomic E-state index is -0.0692. The molecule has 0 spiro atoms. The van der Waals surface area contributed by atoms with Gasteiger partial charge in [-0.1, -0.05) is 56.3 Å². The van der Waals surface area contributed by atoms with Crippen molar-refractivity contribution in [2.45, 2.75) is 33.9 Å². The molecule has 0 aromatic heterocycles. The van der Waals surface area contributed by atoms with E-state index in [1.807, 2.05) is 19.1 Å². The fraction of sp³-hybridized carbons (Fsp3) is 0.389. The molecule has 0 unspecified atom stereocenters. The summed E-state index contributed by atoms with van der Waals surface area (Å²) in [4.78, 5) is 13.9. The predicted molar refractivity (Wildman–Crippen MR) is 88.9 cm³/mol. The molecule has 0 aliphatic rings. The lowest BCUT2D eigenvalue weighted by Gasteiger charge is -2.18. The SMILES string of the molecule is C/C=C/C=C/C(=O)NCc1ccc(CN(CC)CC)cc1. The van der Waals surface area contributed by atoms with Crippen LogP contribution >= 0.6 is 0 Å². The van der Waals surface area contributed by atoms with E-state index < -0.39 is 0 Å². The summed E-state index contributed by atoms with van der Waals surface area (Å²) in [6.07, 6.45) is 7.00. The van der Waals surface area contributed by atoms with Gasteiger partial charge in [0.05, 0.1) is 0 Å². The summed E-state index contributed by atoms with van der Waals surface area (Å²) in [5, 5.41) is 2.87. The normalized spacial score (nSPS) is 11.6. The van der Waals surface area contributed by atoms with Crippen molar-refractivity contribution in [1.29, 1.82) is 0 Å². The van der Waals surface area contributed by atoms with Gasteiger partial charge in [-0.3, -0.25) is 9.69 Å². The van der Waals surface area contributed by atoms with Crippen LogP contribution in [0.5, 0.6) is 0 Å². The minimum absolute atomic E-state index is 0.0692. The molecule has 0 bridgehead atoms. The highest BCUT2D eigenvalue weighted by molar-refractivity contribution is 5.87. The highest BCUT2D eigenvalue weighted by Crippen LogP contribution is 2.07. The van der Waals surface area contributed by atoms with E-state index in [1.165, 1.54) is 11.6 Å². The smallest absolute Gasteiger partial charge is 0.244 e. The van der Waals surface area contributed by atoms with E-state index in [9.17, 15) is 4.79 Å². The molecular weight excluding hydrogens is 260 g/mol. The summed E-state index contributed by atoms with van der Waals surface area (Å²) < 4.78 is 0. The van der Waals surface area contributed by atoms with Crippen molar-refractivity contribution in [3.63, 3.8) is 0 Å². The predicted octanol–water partition coefficient (Wildman–Crippen LogP) is 3.28. The number of hydrogen-bond donors (Lipinski definition) is 1. The van der Waals surface area contributed by atoms with Crippen LogP contribution in [0, 0.1) is 0 Å². The second-order valence-corrected chi connectivity index (χ2v) is 4.88. The van der Waals surface area contributed by atoms with E-state index in [4.69, 9.17) is 0 Å². The first-order valence-corrected chi connectivity index (χ1v) is 7.57. The standard InChI is InChI=1S/C18H26N2O/c1-4-7-8-9-18(21)19-14-16-10-12-17(13-11-16)15-20(5-2)6-3/h4,7-13H,5-6,14-15H2,1-3H3,(H,19,21)/b7-4+,9-8+. The van der Waals surface area contributed by atoms with Crippen molar-refractivity contribution in [2.75, 3.05) is 13.1 Å². The van der Waals surface area contributed by atoms with Crippen molar-refractivity contribution in [2.24, 2.45) is 0 Å². The van der Waals surface area contributed by atoms with Crippen molar-refractivity contribution in [3.05, 3.63) is 59.7 Å². The number of benzene rings is 1. The molecule has 0 radical (unpaired) electrons. The summed E-state index contributed by atoms with van der Waals surface area (Å²) in [5.74, 6) is -0.0692. The molecule has 0 aliphatic heterocycles. The molecule has 1 amide bonds. The van der Waals surface area contributed by atoms with Gasteiger partial charge in [-0.2, -0.15) is 0 Å². The molecule has 1 rings (SSSR count). The topological polar surface area (TPSA) is 32.3 Å². The van der Waals surface area contributed by atoms with E-state index in [2.05, 4.69) is 48.3 Å². The first kappa shape index (κ1) is 17.2. The molecular formula is C18H26N2O. The fourth-order valence-corrected chi connectivity index (χ4v) is 1.97. The number of carbonyl (C=O) groups excluding carboxylic acids is 1. The lowest BCUT2D eigenvalue weighted by atomic mass is 10.1. The van der Waals surface area contributed by atoms with E-state index in [0.717, 1.165) is 25.2 Å². The van der Waals surface area contributed by atoms with Gasteiger partial charge < -0.3 is 5.32 Å². The Balaban J connectivity index is 2.45. The van der Waals surface area contributed by atoms with Gasteiger partial charge in [0, 0.05) is 19.2 Å². The zero-order chi connectivity index (χ0) is 15.5. The van der Waals surface area contributed by atoms with E-state index in [0.29, 0.717) is 6.54 Å². The Morgan fingerprint density at radius 3 is 2.29 bits per heavy atom. The van der Waals surface area contributed by atoms with E-state index in [1.54, 1.807) is 6.08 Å². The fourth-order valence-electron chi connectivity index (χ4n) is 1.97. The van der Waals surface area contributed by atoms with Crippen molar-refractivity contribution >= 4 is 5.91 Å². The van der Waals surface area contributed by atoms with Gasteiger partial charge in [0.15, 0.2) is 0 Å². The molecule has 1 aromatic carbocycles. The maximum atomic E-state index is 11.5. The number of nitrogens with zero attached hydrogens (tertiary/aromatic N) is 1. The van der Waals surface area contributed by atoms with Gasteiger partial charge in [0.1, 0.15) is 0 Å². The van der Waals surface area contributed by atoms with Crippen molar-refractivity contribution < 1.29 is 4.79 Å². The molecule has 3 heteroatoms.